The molecule has 1 rings (SSSR count). The first kappa shape index (κ1) is 12.0. The number of thiazole rings is 1. The Morgan fingerprint density at radius 1 is 1.57 bits per heavy atom. The second-order valence-corrected chi connectivity index (χ2v) is 6.77. The molecule has 0 radical (unpaired) electrons. The molecule has 0 saturated heterocycles. The van der Waals surface area contributed by atoms with Gasteiger partial charge in [0.15, 0.2) is 0 Å². The lowest BCUT2D eigenvalue weighted by atomic mass is 9.92. The number of aryl methyl sites for hydroxylation is 1. The van der Waals surface area contributed by atoms with Crippen LogP contribution in [0.2, 0.25) is 0 Å². The summed E-state index contributed by atoms with van der Waals surface area (Å²) in [6, 6.07) is 0. The third-order valence-electron chi connectivity index (χ3n) is 2.02. The van der Waals surface area contributed by atoms with Crippen LogP contribution in [0.1, 0.15) is 26.5 Å². The molecule has 0 saturated carbocycles. The van der Waals surface area contributed by atoms with E-state index in [1.165, 1.54) is 0 Å². The molecule has 0 spiro atoms. The summed E-state index contributed by atoms with van der Waals surface area (Å²) in [6.07, 6.45) is 0. The van der Waals surface area contributed by atoms with Crippen LogP contribution in [0.25, 0.3) is 0 Å². The van der Waals surface area contributed by atoms with Crippen molar-refractivity contribution >= 4 is 23.1 Å². The molecule has 0 amide bonds. The molecule has 14 heavy (non-hydrogen) atoms. The molecule has 0 aromatic carbocycles. The lowest BCUT2D eigenvalue weighted by molar-refractivity contribution is 0.398. The zero-order valence-electron chi connectivity index (χ0n) is 9.20. The summed E-state index contributed by atoms with van der Waals surface area (Å²) in [4.78, 5) is 4.44. The number of nitrogens with two attached hydrogens (primary N) is 1. The van der Waals surface area contributed by atoms with Crippen LogP contribution in [0.4, 0.5) is 0 Å². The van der Waals surface area contributed by atoms with E-state index >= 15 is 0 Å². The van der Waals surface area contributed by atoms with E-state index in [1.54, 1.807) is 23.1 Å². The van der Waals surface area contributed by atoms with Crippen molar-refractivity contribution < 1.29 is 0 Å². The number of rotatable bonds is 3. The molecular weight excluding hydrogens is 212 g/mol. The average molecular weight is 230 g/mol. The molecule has 1 atom stereocenters. The predicted molar refractivity (Wildman–Crippen MR) is 65.0 cm³/mol. The van der Waals surface area contributed by atoms with Gasteiger partial charge in [0.05, 0.1) is 0 Å². The molecule has 1 aromatic rings. The molecule has 1 aromatic heterocycles. The Bertz CT molecular complexity index is 289. The highest BCUT2D eigenvalue weighted by Crippen LogP contribution is 2.35. The molecule has 0 bridgehead atoms. The summed E-state index contributed by atoms with van der Waals surface area (Å²) in [5, 5.41) is 2.52. The SMILES string of the molecule is Cc1csc(SC(CN)C(C)(C)C)n1. The van der Waals surface area contributed by atoms with Crippen molar-refractivity contribution in [2.75, 3.05) is 6.54 Å². The highest BCUT2D eigenvalue weighted by atomic mass is 32.2. The first-order chi connectivity index (χ1) is 6.43. The highest BCUT2D eigenvalue weighted by Gasteiger charge is 2.25. The molecule has 1 unspecified atom stereocenters. The van der Waals surface area contributed by atoms with Crippen molar-refractivity contribution in [2.45, 2.75) is 37.3 Å². The molecule has 2 nitrogen and oxygen atoms in total. The van der Waals surface area contributed by atoms with Gasteiger partial charge in [0.25, 0.3) is 0 Å². The molecule has 4 heteroatoms. The minimum Gasteiger partial charge on any atom is -0.329 e. The van der Waals surface area contributed by atoms with Gasteiger partial charge in [0.1, 0.15) is 4.34 Å². The Morgan fingerprint density at radius 2 is 2.21 bits per heavy atom. The smallest absolute Gasteiger partial charge is 0.150 e. The summed E-state index contributed by atoms with van der Waals surface area (Å²) in [5.41, 5.74) is 7.10. The van der Waals surface area contributed by atoms with E-state index in [0.29, 0.717) is 11.8 Å². The van der Waals surface area contributed by atoms with Gasteiger partial charge in [-0.3, -0.25) is 0 Å². The summed E-state index contributed by atoms with van der Waals surface area (Å²) in [7, 11) is 0. The Hall–Kier alpha value is -0.0600. The van der Waals surface area contributed by atoms with Crippen LogP contribution in [0, 0.1) is 12.3 Å². The van der Waals surface area contributed by atoms with Crippen molar-refractivity contribution in [3.8, 4) is 0 Å². The van der Waals surface area contributed by atoms with E-state index in [4.69, 9.17) is 5.73 Å². The molecule has 0 aliphatic heterocycles. The third kappa shape index (κ3) is 3.26. The minimum atomic E-state index is 0.235. The van der Waals surface area contributed by atoms with Gasteiger partial charge in [0, 0.05) is 22.9 Å². The van der Waals surface area contributed by atoms with Crippen LogP contribution in [0.15, 0.2) is 9.72 Å². The molecular formula is C10H18N2S2. The Morgan fingerprint density at radius 3 is 2.57 bits per heavy atom. The molecule has 80 valence electrons. The standard InChI is InChI=1S/C10H18N2S2/c1-7-6-13-9(12-7)14-8(5-11)10(2,3)4/h6,8H,5,11H2,1-4H3. The fourth-order valence-electron chi connectivity index (χ4n) is 1.09. The third-order valence-corrected chi connectivity index (χ3v) is 4.83. The number of aromatic nitrogens is 1. The summed E-state index contributed by atoms with van der Waals surface area (Å²) < 4.78 is 1.13. The number of nitrogens with zero attached hydrogens (tertiary/aromatic N) is 1. The van der Waals surface area contributed by atoms with Gasteiger partial charge in [-0.05, 0) is 12.3 Å². The molecule has 2 N–H and O–H groups in total. The number of hydrogen-bond acceptors (Lipinski definition) is 4. The summed E-state index contributed by atoms with van der Waals surface area (Å²) >= 11 is 3.50. The van der Waals surface area contributed by atoms with E-state index in [0.717, 1.165) is 10.0 Å². The monoisotopic (exact) mass is 230 g/mol. The van der Waals surface area contributed by atoms with Gasteiger partial charge in [-0.1, -0.05) is 32.5 Å². The lowest BCUT2D eigenvalue weighted by Crippen LogP contribution is -2.30. The van der Waals surface area contributed by atoms with E-state index in [1.807, 2.05) is 6.92 Å². The quantitative estimate of drug-likeness (QED) is 0.812. The van der Waals surface area contributed by atoms with Crippen LogP contribution < -0.4 is 5.73 Å². The Labute approximate surface area is 94.3 Å². The summed E-state index contributed by atoms with van der Waals surface area (Å²) in [5.74, 6) is 0. The second kappa shape index (κ2) is 4.64. The minimum absolute atomic E-state index is 0.235. The van der Waals surface area contributed by atoms with Gasteiger partial charge in [-0.15, -0.1) is 11.3 Å². The zero-order valence-corrected chi connectivity index (χ0v) is 10.8. The lowest BCUT2D eigenvalue weighted by Gasteiger charge is -2.27. The fraction of sp³-hybridized carbons (Fsp3) is 0.700. The maximum Gasteiger partial charge on any atom is 0.150 e. The van der Waals surface area contributed by atoms with Crippen LogP contribution in [0.5, 0.6) is 0 Å². The van der Waals surface area contributed by atoms with Gasteiger partial charge >= 0.3 is 0 Å². The average Bonchev–Trinajstić information content (AvgIpc) is 2.45. The van der Waals surface area contributed by atoms with Crippen molar-refractivity contribution in [3.05, 3.63) is 11.1 Å². The van der Waals surface area contributed by atoms with Crippen molar-refractivity contribution in [3.63, 3.8) is 0 Å². The molecule has 1 heterocycles. The first-order valence-electron chi connectivity index (χ1n) is 4.72. The normalized spacial score (nSPS) is 14.4. The highest BCUT2D eigenvalue weighted by molar-refractivity contribution is 8.01. The van der Waals surface area contributed by atoms with E-state index in [9.17, 15) is 0 Å². The Balaban J connectivity index is 2.66. The maximum absolute atomic E-state index is 5.77. The maximum atomic E-state index is 5.77. The zero-order chi connectivity index (χ0) is 10.8. The van der Waals surface area contributed by atoms with Crippen LogP contribution in [0.3, 0.4) is 0 Å². The van der Waals surface area contributed by atoms with Crippen LogP contribution in [-0.2, 0) is 0 Å². The van der Waals surface area contributed by atoms with E-state index < -0.39 is 0 Å². The predicted octanol–water partition coefficient (Wildman–Crippen LogP) is 2.92. The van der Waals surface area contributed by atoms with E-state index in [-0.39, 0.29) is 5.41 Å². The topological polar surface area (TPSA) is 38.9 Å². The fourth-order valence-corrected chi connectivity index (χ4v) is 3.21. The molecule has 0 aliphatic rings. The van der Waals surface area contributed by atoms with Crippen LogP contribution in [-0.4, -0.2) is 16.8 Å². The van der Waals surface area contributed by atoms with Crippen molar-refractivity contribution in [1.82, 2.24) is 4.98 Å². The van der Waals surface area contributed by atoms with Gasteiger partial charge < -0.3 is 5.73 Å². The Kier molecular flexibility index (Phi) is 3.98. The number of hydrogen-bond donors (Lipinski definition) is 1. The molecule has 0 aliphatic carbocycles. The summed E-state index contributed by atoms with van der Waals surface area (Å²) in [6.45, 7) is 9.38. The van der Waals surface area contributed by atoms with Gasteiger partial charge in [-0.2, -0.15) is 0 Å². The van der Waals surface area contributed by atoms with Gasteiger partial charge in [0.2, 0.25) is 0 Å². The van der Waals surface area contributed by atoms with E-state index in [2.05, 4.69) is 31.1 Å². The van der Waals surface area contributed by atoms with Crippen molar-refractivity contribution in [2.24, 2.45) is 11.1 Å². The van der Waals surface area contributed by atoms with Gasteiger partial charge in [-0.25, -0.2) is 4.98 Å². The van der Waals surface area contributed by atoms with Crippen LogP contribution >= 0.6 is 23.1 Å². The largest absolute Gasteiger partial charge is 0.329 e. The first-order valence-corrected chi connectivity index (χ1v) is 6.48. The van der Waals surface area contributed by atoms with Crippen molar-refractivity contribution in [1.29, 1.82) is 0 Å². The number of thioether (sulfide) groups is 1. The molecule has 0 fully saturated rings. The second-order valence-electron chi connectivity index (χ2n) is 4.46.